The molecule has 2 aliphatic rings. The Morgan fingerprint density at radius 1 is 1.14 bits per heavy atom. The number of nitrogens with one attached hydrogen (secondary N) is 1. The van der Waals surface area contributed by atoms with E-state index in [0.29, 0.717) is 44.6 Å². The number of hydrogen-bond acceptors (Lipinski definition) is 4. The van der Waals surface area contributed by atoms with Gasteiger partial charge in [-0.25, -0.2) is 0 Å². The zero-order valence-electron chi connectivity index (χ0n) is 20.4. The molecular weight excluding hydrogens is 469 g/mol. The molecule has 2 aromatic rings. The Balaban J connectivity index is 1.52. The van der Waals surface area contributed by atoms with Crippen molar-refractivity contribution >= 4 is 17.5 Å². The van der Waals surface area contributed by atoms with E-state index in [1.165, 1.54) is 12.1 Å². The van der Waals surface area contributed by atoms with Gasteiger partial charge in [0.25, 0.3) is 0 Å². The summed E-state index contributed by atoms with van der Waals surface area (Å²) in [5, 5.41) is 11.8. The molecule has 2 aromatic carbocycles. The maximum Gasteiger partial charge on any atom is 0.417 e. The van der Waals surface area contributed by atoms with Crippen molar-refractivity contribution in [2.45, 2.75) is 32.4 Å². The SMILES string of the molecule is CNC(=O)C1CN(c2ccc(C#N)c(C(F)(F)F)c2)CC12CCN(C(=O)Cc1ccc(C)cc1)CC2. The Morgan fingerprint density at radius 3 is 2.39 bits per heavy atom. The Morgan fingerprint density at radius 2 is 1.81 bits per heavy atom. The summed E-state index contributed by atoms with van der Waals surface area (Å²) >= 11 is 0. The molecule has 2 aliphatic heterocycles. The lowest BCUT2D eigenvalue weighted by atomic mass is 9.70. The third-order valence-corrected chi connectivity index (χ3v) is 7.59. The van der Waals surface area contributed by atoms with Crippen LogP contribution in [-0.4, -0.2) is 49.9 Å². The van der Waals surface area contributed by atoms with Crippen LogP contribution in [0.5, 0.6) is 0 Å². The Labute approximate surface area is 208 Å². The molecule has 0 aliphatic carbocycles. The number of aryl methyl sites for hydroxylation is 1. The quantitative estimate of drug-likeness (QED) is 0.694. The first-order chi connectivity index (χ1) is 17.1. The zero-order chi connectivity index (χ0) is 26.1. The molecule has 0 saturated carbocycles. The van der Waals surface area contributed by atoms with Crippen molar-refractivity contribution < 1.29 is 22.8 Å². The lowest BCUT2D eigenvalue weighted by Gasteiger charge is -2.42. The number of nitrogens with zero attached hydrogens (tertiary/aromatic N) is 3. The Kier molecular flexibility index (Phi) is 6.98. The van der Waals surface area contributed by atoms with Gasteiger partial charge >= 0.3 is 6.18 Å². The maximum atomic E-state index is 13.5. The number of rotatable bonds is 4. The lowest BCUT2D eigenvalue weighted by molar-refractivity contribution is -0.138. The van der Waals surface area contributed by atoms with E-state index < -0.39 is 28.6 Å². The Hall–Kier alpha value is -3.54. The summed E-state index contributed by atoms with van der Waals surface area (Å²) in [6.45, 7) is 3.67. The summed E-state index contributed by atoms with van der Waals surface area (Å²) in [7, 11) is 1.56. The topological polar surface area (TPSA) is 76.4 Å². The van der Waals surface area contributed by atoms with Gasteiger partial charge in [-0.15, -0.1) is 0 Å². The summed E-state index contributed by atoms with van der Waals surface area (Å²) in [6, 6.07) is 13.1. The molecule has 0 bridgehead atoms. The van der Waals surface area contributed by atoms with Crippen LogP contribution in [0.25, 0.3) is 0 Å². The molecule has 2 saturated heterocycles. The summed E-state index contributed by atoms with van der Waals surface area (Å²) < 4.78 is 40.6. The van der Waals surface area contributed by atoms with Crippen LogP contribution in [0.15, 0.2) is 42.5 Å². The smallest absolute Gasteiger partial charge is 0.370 e. The van der Waals surface area contributed by atoms with Crippen LogP contribution in [0.3, 0.4) is 0 Å². The predicted octanol–water partition coefficient (Wildman–Crippen LogP) is 3.92. The van der Waals surface area contributed by atoms with E-state index in [1.807, 2.05) is 36.1 Å². The highest BCUT2D eigenvalue weighted by Gasteiger charge is 2.51. The zero-order valence-corrected chi connectivity index (χ0v) is 20.4. The minimum Gasteiger partial charge on any atom is -0.370 e. The van der Waals surface area contributed by atoms with Crippen LogP contribution >= 0.6 is 0 Å². The van der Waals surface area contributed by atoms with Gasteiger partial charge in [0.05, 0.1) is 29.5 Å². The second-order valence-corrected chi connectivity index (χ2v) is 9.79. The molecule has 0 radical (unpaired) electrons. The van der Waals surface area contributed by atoms with Crippen molar-refractivity contribution in [1.82, 2.24) is 10.2 Å². The van der Waals surface area contributed by atoms with E-state index in [0.717, 1.165) is 17.2 Å². The van der Waals surface area contributed by atoms with E-state index in [1.54, 1.807) is 18.0 Å². The number of nitriles is 1. The highest BCUT2D eigenvalue weighted by molar-refractivity contribution is 5.82. The molecule has 2 amide bonds. The average molecular weight is 499 g/mol. The second-order valence-electron chi connectivity index (χ2n) is 9.79. The van der Waals surface area contributed by atoms with Crippen LogP contribution in [0.4, 0.5) is 18.9 Å². The number of amides is 2. The molecule has 9 heteroatoms. The monoisotopic (exact) mass is 498 g/mol. The molecule has 36 heavy (non-hydrogen) atoms. The molecule has 1 spiro atoms. The lowest BCUT2D eigenvalue weighted by Crippen LogP contribution is -2.49. The third-order valence-electron chi connectivity index (χ3n) is 7.59. The Bertz CT molecular complexity index is 1180. The summed E-state index contributed by atoms with van der Waals surface area (Å²) in [6.07, 6.45) is -3.17. The number of benzene rings is 2. The van der Waals surface area contributed by atoms with E-state index in [4.69, 9.17) is 5.26 Å². The molecular formula is C27H29F3N4O2. The van der Waals surface area contributed by atoms with Gasteiger partial charge in [-0.2, -0.15) is 18.4 Å². The summed E-state index contributed by atoms with van der Waals surface area (Å²) in [4.78, 5) is 29.4. The van der Waals surface area contributed by atoms with Crippen molar-refractivity contribution in [3.8, 4) is 6.07 Å². The van der Waals surface area contributed by atoms with Gasteiger partial charge in [-0.1, -0.05) is 29.8 Å². The van der Waals surface area contributed by atoms with Crippen molar-refractivity contribution in [3.63, 3.8) is 0 Å². The minimum atomic E-state index is -4.65. The first kappa shape index (κ1) is 25.5. The van der Waals surface area contributed by atoms with E-state index in [2.05, 4.69) is 5.32 Å². The predicted molar refractivity (Wildman–Crippen MR) is 129 cm³/mol. The van der Waals surface area contributed by atoms with Gasteiger partial charge in [-0.05, 0) is 43.5 Å². The van der Waals surface area contributed by atoms with Crippen molar-refractivity contribution in [2.24, 2.45) is 11.3 Å². The minimum absolute atomic E-state index is 0.0296. The number of carbonyl (C=O) groups excluding carboxylic acids is 2. The van der Waals surface area contributed by atoms with Crippen LogP contribution in [0.2, 0.25) is 0 Å². The second kappa shape index (κ2) is 9.84. The van der Waals surface area contributed by atoms with Crippen LogP contribution in [-0.2, 0) is 22.2 Å². The standard InChI is InChI=1S/C27H29F3N4O2/c1-18-3-5-19(6-4-18)13-24(35)33-11-9-26(10-12-33)17-34(16-23(26)25(36)32-2)21-8-7-20(15-31)22(14-21)27(28,29)30/h3-8,14,23H,9-13,16-17H2,1-2H3,(H,32,36). The molecule has 6 nitrogen and oxygen atoms in total. The molecule has 0 aromatic heterocycles. The first-order valence-electron chi connectivity index (χ1n) is 12.0. The van der Waals surface area contributed by atoms with E-state index >= 15 is 0 Å². The molecule has 190 valence electrons. The van der Waals surface area contributed by atoms with E-state index in [9.17, 15) is 22.8 Å². The molecule has 1 unspecified atom stereocenters. The highest BCUT2D eigenvalue weighted by atomic mass is 19.4. The highest BCUT2D eigenvalue weighted by Crippen LogP contribution is 2.47. The van der Waals surface area contributed by atoms with Gasteiger partial charge in [-0.3, -0.25) is 9.59 Å². The molecule has 2 heterocycles. The average Bonchev–Trinajstić information content (AvgIpc) is 3.23. The van der Waals surface area contributed by atoms with Gasteiger partial charge in [0.15, 0.2) is 0 Å². The number of anilines is 1. The number of alkyl halides is 3. The van der Waals surface area contributed by atoms with Gasteiger partial charge in [0.2, 0.25) is 11.8 Å². The van der Waals surface area contributed by atoms with Crippen LogP contribution in [0.1, 0.15) is 35.1 Å². The molecule has 1 atom stereocenters. The van der Waals surface area contributed by atoms with Crippen molar-refractivity contribution in [1.29, 1.82) is 5.26 Å². The fourth-order valence-electron chi connectivity index (χ4n) is 5.46. The van der Waals surface area contributed by atoms with Gasteiger partial charge in [0.1, 0.15) is 0 Å². The normalized spacial score (nSPS) is 19.3. The van der Waals surface area contributed by atoms with Crippen LogP contribution < -0.4 is 10.2 Å². The number of halogens is 3. The number of likely N-dealkylation sites (tertiary alicyclic amines) is 1. The van der Waals surface area contributed by atoms with Crippen molar-refractivity contribution in [3.05, 3.63) is 64.7 Å². The van der Waals surface area contributed by atoms with Gasteiger partial charge < -0.3 is 15.1 Å². The first-order valence-corrected chi connectivity index (χ1v) is 12.0. The third kappa shape index (κ3) is 5.03. The number of hydrogen-bond donors (Lipinski definition) is 1. The number of piperidine rings is 1. The largest absolute Gasteiger partial charge is 0.417 e. The maximum absolute atomic E-state index is 13.5. The summed E-state index contributed by atoms with van der Waals surface area (Å²) in [5.41, 5.74) is 0.557. The van der Waals surface area contributed by atoms with E-state index in [-0.39, 0.29) is 18.4 Å². The fourth-order valence-corrected chi connectivity index (χ4v) is 5.46. The van der Waals surface area contributed by atoms with Gasteiger partial charge in [0, 0.05) is 44.3 Å². The molecule has 4 rings (SSSR count). The molecule has 1 N–H and O–H groups in total. The molecule has 2 fully saturated rings. The number of carbonyl (C=O) groups is 2. The fraction of sp³-hybridized carbons (Fsp3) is 0.444. The summed E-state index contributed by atoms with van der Waals surface area (Å²) in [5.74, 6) is -0.537. The van der Waals surface area contributed by atoms with Crippen molar-refractivity contribution in [2.75, 3.05) is 38.1 Å². The van der Waals surface area contributed by atoms with Crippen LogP contribution in [0, 0.1) is 29.6 Å².